The molecule has 1 aromatic heterocycles. The van der Waals surface area contributed by atoms with Crippen LogP contribution in [0.4, 0.5) is 26.3 Å². The first-order valence-corrected chi connectivity index (χ1v) is 4.50. The fraction of sp³-hybridized carbons (Fsp3) is 0.286. The van der Waals surface area contributed by atoms with Gasteiger partial charge in [-0.2, -0.15) is 26.3 Å². The Hall–Kier alpha value is -0.540. The zero-order valence-corrected chi connectivity index (χ0v) is 8.91. The summed E-state index contributed by atoms with van der Waals surface area (Å²) in [6.07, 6.45) is -9.19. The van der Waals surface area contributed by atoms with Crippen LogP contribution in [0.25, 0.3) is 0 Å². The molecule has 0 aliphatic carbocycles. The van der Waals surface area contributed by atoms with E-state index in [1.807, 2.05) is 0 Å². The van der Waals surface area contributed by atoms with E-state index < -0.39 is 27.0 Å². The minimum atomic E-state index is -5.06. The number of hydrogen-bond acceptors (Lipinski definition) is 1. The SMILES string of the molecule is FC(F)(F)c1cncc(I)c1C(F)(F)F. The lowest BCUT2D eigenvalue weighted by Crippen LogP contribution is -2.18. The molecule has 0 aromatic carbocycles. The molecule has 1 aromatic rings. The Balaban J connectivity index is 3.48. The van der Waals surface area contributed by atoms with E-state index in [0.717, 1.165) is 6.20 Å². The van der Waals surface area contributed by atoms with Crippen molar-refractivity contribution in [3.8, 4) is 0 Å². The van der Waals surface area contributed by atoms with Crippen LogP contribution < -0.4 is 0 Å². The number of pyridine rings is 1. The van der Waals surface area contributed by atoms with E-state index in [2.05, 4.69) is 4.98 Å². The molecule has 0 amide bonds. The standard InChI is InChI=1S/C7H2F6IN/c8-6(9,10)3-1-15-2-4(14)5(3)7(11,12)13/h1-2H. The highest BCUT2D eigenvalue weighted by atomic mass is 127. The van der Waals surface area contributed by atoms with E-state index in [4.69, 9.17) is 0 Å². The summed E-state index contributed by atoms with van der Waals surface area (Å²) in [6.45, 7) is 0. The zero-order chi connectivity index (χ0) is 11.9. The second-order valence-electron chi connectivity index (χ2n) is 2.54. The molecule has 84 valence electrons. The van der Waals surface area contributed by atoms with Gasteiger partial charge in [-0.15, -0.1) is 0 Å². The van der Waals surface area contributed by atoms with E-state index in [1.165, 1.54) is 22.6 Å². The summed E-state index contributed by atoms with van der Waals surface area (Å²) in [7, 11) is 0. The predicted molar refractivity (Wildman–Crippen MR) is 47.0 cm³/mol. The lowest BCUT2D eigenvalue weighted by Gasteiger charge is -2.15. The molecule has 0 spiro atoms. The first kappa shape index (κ1) is 12.5. The Labute approximate surface area is 93.6 Å². The van der Waals surface area contributed by atoms with E-state index >= 15 is 0 Å². The maximum atomic E-state index is 12.3. The van der Waals surface area contributed by atoms with Crippen molar-refractivity contribution in [3.63, 3.8) is 0 Å². The van der Waals surface area contributed by atoms with Gasteiger partial charge in [-0.05, 0) is 22.6 Å². The van der Waals surface area contributed by atoms with Crippen molar-refractivity contribution in [2.75, 3.05) is 0 Å². The van der Waals surface area contributed by atoms with Crippen molar-refractivity contribution >= 4 is 22.6 Å². The number of rotatable bonds is 0. The molecule has 0 radical (unpaired) electrons. The topological polar surface area (TPSA) is 12.9 Å². The van der Waals surface area contributed by atoms with Crippen LogP contribution in [0.1, 0.15) is 11.1 Å². The van der Waals surface area contributed by atoms with Crippen molar-refractivity contribution in [1.82, 2.24) is 4.98 Å². The van der Waals surface area contributed by atoms with Gasteiger partial charge >= 0.3 is 12.4 Å². The van der Waals surface area contributed by atoms with Crippen LogP contribution in [0, 0.1) is 3.57 Å². The fourth-order valence-corrected chi connectivity index (χ4v) is 1.70. The summed E-state index contributed by atoms with van der Waals surface area (Å²) in [5, 5.41) is 0. The van der Waals surface area contributed by atoms with E-state index in [9.17, 15) is 26.3 Å². The molecule has 0 saturated carbocycles. The van der Waals surface area contributed by atoms with Gasteiger partial charge < -0.3 is 0 Å². The molecule has 0 atom stereocenters. The first-order valence-electron chi connectivity index (χ1n) is 3.42. The van der Waals surface area contributed by atoms with Crippen molar-refractivity contribution in [2.45, 2.75) is 12.4 Å². The Bertz CT molecular complexity index is 369. The largest absolute Gasteiger partial charge is 0.418 e. The highest BCUT2D eigenvalue weighted by Gasteiger charge is 2.44. The van der Waals surface area contributed by atoms with Crippen molar-refractivity contribution < 1.29 is 26.3 Å². The van der Waals surface area contributed by atoms with E-state index in [1.54, 1.807) is 0 Å². The lowest BCUT2D eigenvalue weighted by atomic mass is 10.1. The Morgan fingerprint density at radius 3 is 1.80 bits per heavy atom. The third-order valence-corrected chi connectivity index (χ3v) is 2.31. The summed E-state index contributed by atoms with van der Waals surface area (Å²) in [5.41, 5.74) is -3.45. The minimum Gasteiger partial charge on any atom is -0.263 e. The van der Waals surface area contributed by atoms with Gasteiger partial charge in [-0.1, -0.05) is 0 Å². The average Bonchev–Trinajstić information content (AvgIpc) is 1.99. The molecular formula is C7H2F6IN. The van der Waals surface area contributed by atoms with Gasteiger partial charge in [-0.3, -0.25) is 4.98 Å². The molecule has 0 bridgehead atoms. The molecule has 0 N–H and O–H groups in total. The smallest absolute Gasteiger partial charge is 0.263 e. The summed E-state index contributed by atoms with van der Waals surface area (Å²) in [5.74, 6) is 0. The molecule has 1 heterocycles. The van der Waals surface area contributed by atoms with Gasteiger partial charge in [0.2, 0.25) is 0 Å². The van der Waals surface area contributed by atoms with Crippen molar-refractivity contribution in [1.29, 1.82) is 0 Å². The highest BCUT2D eigenvalue weighted by molar-refractivity contribution is 14.1. The summed E-state index contributed by atoms with van der Waals surface area (Å²) < 4.78 is 73.0. The lowest BCUT2D eigenvalue weighted by molar-refractivity contribution is -0.162. The molecule has 0 unspecified atom stereocenters. The number of alkyl halides is 6. The number of halogens is 7. The van der Waals surface area contributed by atoms with Crippen LogP contribution in [0.3, 0.4) is 0 Å². The summed E-state index contributed by atoms with van der Waals surface area (Å²) >= 11 is 1.17. The molecule has 0 saturated heterocycles. The molecule has 1 rings (SSSR count). The normalized spacial score (nSPS) is 13.0. The van der Waals surface area contributed by atoms with E-state index in [0.29, 0.717) is 0 Å². The number of aromatic nitrogens is 1. The molecule has 15 heavy (non-hydrogen) atoms. The van der Waals surface area contributed by atoms with Crippen LogP contribution in [0.5, 0.6) is 0 Å². The van der Waals surface area contributed by atoms with Crippen molar-refractivity contribution in [2.24, 2.45) is 0 Å². The maximum absolute atomic E-state index is 12.3. The van der Waals surface area contributed by atoms with Crippen molar-refractivity contribution in [3.05, 3.63) is 27.1 Å². The highest BCUT2D eigenvalue weighted by Crippen LogP contribution is 2.41. The third-order valence-electron chi connectivity index (χ3n) is 1.49. The van der Waals surface area contributed by atoms with Gasteiger partial charge in [0.25, 0.3) is 0 Å². The third kappa shape index (κ3) is 2.73. The average molecular weight is 341 g/mol. The molecule has 0 aliphatic heterocycles. The summed E-state index contributed by atoms with van der Waals surface area (Å²) in [4.78, 5) is 3.10. The molecular weight excluding hydrogens is 339 g/mol. The Morgan fingerprint density at radius 2 is 1.47 bits per heavy atom. The first-order chi connectivity index (χ1) is 6.64. The molecule has 8 heteroatoms. The zero-order valence-electron chi connectivity index (χ0n) is 6.75. The van der Waals surface area contributed by atoms with Crippen LogP contribution in [0.15, 0.2) is 12.4 Å². The van der Waals surface area contributed by atoms with Gasteiger partial charge in [0.1, 0.15) is 0 Å². The van der Waals surface area contributed by atoms with Gasteiger partial charge in [0, 0.05) is 16.0 Å². The Morgan fingerprint density at radius 1 is 0.933 bits per heavy atom. The van der Waals surface area contributed by atoms with Gasteiger partial charge in [0.15, 0.2) is 0 Å². The van der Waals surface area contributed by atoms with Gasteiger partial charge in [-0.25, -0.2) is 0 Å². The van der Waals surface area contributed by atoms with Crippen LogP contribution in [-0.2, 0) is 12.4 Å². The second-order valence-corrected chi connectivity index (χ2v) is 3.70. The quantitative estimate of drug-likeness (QED) is 0.518. The fourth-order valence-electron chi connectivity index (χ4n) is 0.938. The van der Waals surface area contributed by atoms with Crippen LogP contribution in [-0.4, -0.2) is 4.98 Å². The molecule has 1 nitrogen and oxygen atoms in total. The Kier molecular flexibility index (Phi) is 3.17. The van der Waals surface area contributed by atoms with Crippen LogP contribution in [0.2, 0.25) is 0 Å². The number of nitrogens with zero attached hydrogens (tertiary/aromatic N) is 1. The minimum absolute atomic E-state index is 0.172. The second kappa shape index (κ2) is 3.80. The monoisotopic (exact) mass is 341 g/mol. The van der Waals surface area contributed by atoms with E-state index in [-0.39, 0.29) is 6.20 Å². The molecule has 0 aliphatic rings. The molecule has 0 fully saturated rings. The number of hydrogen-bond donors (Lipinski definition) is 0. The summed E-state index contributed by atoms with van der Waals surface area (Å²) in [6, 6.07) is 0. The van der Waals surface area contributed by atoms with Crippen LogP contribution >= 0.6 is 22.6 Å². The maximum Gasteiger partial charge on any atom is 0.418 e. The predicted octanol–water partition coefficient (Wildman–Crippen LogP) is 3.72. The van der Waals surface area contributed by atoms with Gasteiger partial charge in [0.05, 0.1) is 11.1 Å².